The molecule has 0 aromatic heterocycles. The lowest BCUT2D eigenvalue weighted by atomic mass is 9.38. The van der Waals surface area contributed by atoms with Gasteiger partial charge in [-0.25, -0.2) is 4.79 Å². The Balaban J connectivity index is 1.43. The molecule has 182 valence electrons. The fraction of sp³-hybridized carbons (Fsp3) is 0.586. The predicted octanol–water partition coefficient (Wildman–Crippen LogP) is 5.39. The number of carboxylic acids is 1. The minimum Gasteiger partial charge on any atom is -0.481 e. The molecule has 0 aliphatic heterocycles. The number of ether oxygens (including phenoxy) is 1. The maximum Gasteiger partial charge on any atom is 0.331 e. The molecule has 0 heterocycles. The number of aliphatic carboxylic acids is 1. The largest absolute Gasteiger partial charge is 0.481 e. The van der Waals surface area contributed by atoms with Crippen molar-refractivity contribution in [2.24, 2.45) is 28.1 Å². The van der Waals surface area contributed by atoms with Gasteiger partial charge in [-0.1, -0.05) is 49.4 Å². The monoisotopic (exact) mass is 464 g/mol. The lowest BCUT2D eigenvalue weighted by Gasteiger charge is -2.68. The summed E-state index contributed by atoms with van der Waals surface area (Å²) in [6.07, 6.45) is 8.37. The maximum atomic E-state index is 12.8. The molecule has 1 aromatic rings. The van der Waals surface area contributed by atoms with Gasteiger partial charge in [0.2, 0.25) is 0 Å². The number of carboxylic acid groups (broad SMARTS) is 1. The molecule has 0 radical (unpaired) electrons. The molecule has 5 rings (SSSR count). The Bertz CT molecular complexity index is 1050. The molecule has 7 atom stereocenters. The van der Waals surface area contributed by atoms with Gasteiger partial charge in [-0.05, 0) is 81.8 Å². The fourth-order valence-corrected chi connectivity index (χ4v) is 8.53. The highest BCUT2D eigenvalue weighted by atomic mass is 16.5. The predicted molar refractivity (Wildman–Crippen MR) is 130 cm³/mol. The molecule has 0 saturated heterocycles. The van der Waals surface area contributed by atoms with Crippen LogP contribution in [0, 0.1) is 28.1 Å². The van der Waals surface area contributed by atoms with Crippen LogP contribution < -0.4 is 0 Å². The summed E-state index contributed by atoms with van der Waals surface area (Å²) in [5.74, 6) is -1.26. The molecule has 4 aliphatic rings. The Morgan fingerprint density at radius 2 is 1.82 bits per heavy atom. The van der Waals surface area contributed by atoms with Crippen molar-refractivity contribution in [1.29, 1.82) is 0 Å². The summed E-state index contributed by atoms with van der Waals surface area (Å²) in [6, 6.07) is 9.47. The molecule has 2 bridgehead atoms. The van der Waals surface area contributed by atoms with Crippen molar-refractivity contribution in [3.63, 3.8) is 0 Å². The summed E-state index contributed by atoms with van der Waals surface area (Å²) < 4.78 is 5.83. The average Bonchev–Trinajstić information content (AvgIpc) is 3.08. The summed E-state index contributed by atoms with van der Waals surface area (Å²) in [5, 5.41) is 22.9. The van der Waals surface area contributed by atoms with E-state index in [1.807, 2.05) is 30.3 Å². The third-order valence-electron chi connectivity index (χ3n) is 10.4. The highest BCUT2D eigenvalue weighted by molar-refractivity contribution is 5.87. The SMILES string of the molecule is C=C1C[C@@]23CC[C@@H]4[C@](C)(C(=O)O)C(OC(=O)/C=C/c5ccccc5)CC[C@@]4(C)[C@]2(O)CCC1C3. The highest BCUT2D eigenvalue weighted by Gasteiger charge is 2.74. The van der Waals surface area contributed by atoms with E-state index in [4.69, 9.17) is 4.74 Å². The molecule has 4 aliphatic carbocycles. The second-order valence-electron chi connectivity index (χ2n) is 11.7. The van der Waals surface area contributed by atoms with Gasteiger partial charge in [0.1, 0.15) is 11.5 Å². The molecule has 5 heteroatoms. The third-order valence-corrected chi connectivity index (χ3v) is 10.4. The van der Waals surface area contributed by atoms with Gasteiger partial charge in [-0.3, -0.25) is 4.79 Å². The van der Waals surface area contributed by atoms with E-state index in [2.05, 4.69) is 13.5 Å². The molecule has 5 nitrogen and oxygen atoms in total. The first-order chi connectivity index (χ1) is 16.1. The van der Waals surface area contributed by atoms with Crippen molar-refractivity contribution in [1.82, 2.24) is 0 Å². The number of carbonyl (C=O) groups excluding carboxylic acids is 1. The van der Waals surface area contributed by atoms with Crippen LogP contribution in [0.1, 0.15) is 70.8 Å². The van der Waals surface area contributed by atoms with Crippen molar-refractivity contribution >= 4 is 18.0 Å². The quantitative estimate of drug-likeness (QED) is 0.355. The summed E-state index contributed by atoms with van der Waals surface area (Å²) in [7, 11) is 0. The normalized spacial score (nSPS) is 43.3. The Kier molecular flexibility index (Phi) is 5.36. The zero-order chi connectivity index (χ0) is 24.4. The number of carbonyl (C=O) groups is 2. The van der Waals surface area contributed by atoms with Crippen molar-refractivity contribution < 1.29 is 24.5 Å². The van der Waals surface area contributed by atoms with E-state index in [9.17, 15) is 19.8 Å². The van der Waals surface area contributed by atoms with E-state index in [1.165, 1.54) is 11.6 Å². The Morgan fingerprint density at radius 3 is 2.53 bits per heavy atom. The molecule has 2 N–H and O–H groups in total. The van der Waals surface area contributed by atoms with Gasteiger partial charge in [0.25, 0.3) is 0 Å². The van der Waals surface area contributed by atoms with Crippen molar-refractivity contribution in [2.45, 2.75) is 76.9 Å². The third kappa shape index (κ3) is 3.08. The van der Waals surface area contributed by atoms with E-state index >= 15 is 0 Å². The Hall–Kier alpha value is -2.40. The van der Waals surface area contributed by atoms with E-state index in [-0.39, 0.29) is 11.3 Å². The topological polar surface area (TPSA) is 83.8 Å². The van der Waals surface area contributed by atoms with Crippen LogP contribution in [0.3, 0.4) is 0 Å². The van der Waals surface area contributed by atoms with Gasteiger partial charge in [-0.2, -0.15) is 0 Å². The lowest BCUT2D eigenvalue weighted by Crippen LogP contribution is -2.71. The number of esters is 1. The van der Waals surface area contributed by atoms with E-state index in [0.29, 0.717) is 25.2 Å². The lowest BCUT2D eigenvalue weighted by molar-refractivity contribution is -0.276. The molecule has 1 spiro atoms. The first kappa shape index (κ1) is 23.3. The van der Waals surface area contributed by atoms with Gasteiger partial charge < -0.3 is 14.9 Å². The summed E-state index contributed by atoms with van der Waals surface area (Å²) >= 11 is 0. The number of fused-ring (bicyclic) bond motifs is 3. The van der Waals surface area contributed by atoms with Gasteiger partial charge in [0.15, 0.2) is 0 Å². The van der Waals surface area contributed by atoms with Crippen LogP contribution in [0.15, 0.2) is 48.6 Å². The summed E-state index contributed by atoms with van der Waals surface area (Å²) in [4.78, 5) is 25.5. The Labute approximate surface area is 201 Å². The second kappa shape index (κ2) is 7.81. The highest BCUT2D eigenvalue weighted by Crippen LogP contribution is 2.74. The fourth-order valence-electron chi connectivity index (χ4n) is 8.53. The van der Waals surface area contributed by atoms with Crippen molar-refractivity contribution in [2.75, 3.05) is 0 Å². The maximum absolute atomic E-state index is 12.8. The first-order valence-electron chi connectivity index (χ1n) is 12.6. The molecular formula is C29H36O5. The van der Waals surface area contributed by atoms with Crippen molar-refractivity contribution in [3.8, 4) is 0 Å². The second-order valence-corrected chi connectivity index (χ2v) is 11.7. The molecule has 34 heavy (non-hydrogen) atoms. The van der Waals surface area contributed by atoms with Crippen LogP contribution in [0.4, 0.5) is 0 Å². The van der Waals surface area contributed by atoms with Gasteiger partial charge in [-0.15, -0.1) is 0 Å². The number of hydrogen-bond donors (Lipinski definition) is 2. The molecule has 0 amide bonds. The summed E-state index contributed by atoms with van der Waals surface area (Å²) in [5.41, 5.74) is -0.779. The summed E-state index contributed by atoms with van der Waals surface area (Å²) in [6.45, 7) is 8.15. The number of rotatable bonds is 4. The van der Waals surface area contributed by atoms with Crippen LogP contribution in [-0.2, 0) is 14.3 Å². The molecular weight excluding hydrogens is 428 g/mol. The molecule has 4 fully saturated rings. The minimum atomic E-state index is -1.26. The standard InChI is InChI=1S/C29H36O5/c1-19-17-28-15-12-22-26(2,29(28,33)16-11-21(19)18-28)14-13-23(27(22,3)25(31)32)34-24(30)10-9-20-7-5-4-6-8-20/h4-10,21-23,33H,1,11-18H2,2-3H3,(H,31,32)/b10-9+/t21?,22-,23?,26+,27-,28+,29+/m0/s1. The number of hydrogen-bond acceptors (Lipinski definition) is 4. The van der Waals surface area contributed by atoms with E-state index in [1.54, 1.807) is 13.0 Å². The zero-order valence-electron chi connectivity index (χ0n) is 20.3. The molecule has 1 aromatic carbocycles. The zero-order valence-corrected chi connectivity index (χ0v) is 20.3. The van der Waals surface area contributed by atoms with Gasteiger partial charge in [0.05, 0.1) is 5.60 Å². The Morgan fingerprint density at radius 1 is 1.09 bits per heavy atom. The van der Waals surface area contributed by atoms with Crippen molar-refractivity contribution in [3.05, 3.63) is 54.1 Å². The minimum absolute atomic E-state index is 0.195. The first-order valence-corrected chi connectivity index (χ1v) is 12.6. The van der Waals surface area contributed by atoms with Crippen LogP contribution in [0.5, 0.6) is 0 Å². The van der Waals surface area contributed by atoms with E-state index < -0.39 is 34.5 Å². The smallest absolute Gasteiger partial charge is 0.331 e. The van der Waals surface area contributed by atoms with Crippen LogP contribution in [-0.4, -0.2) is 33.9 Å². The molecule has 2 unspecified atom stereocenters. The van der Waals surface area contributed by atoms with E-state index in [0.717, 1.165) is 37.7 Å². The number of allylic oxidation sites excluding steroid dienone is 1. The van der Waals surface area contributed by atoms with Crippen LogP contribution >= 0.6 is 0 Å². The number of benzene rings is 1. The van der Waals surface area contributed by atoms with Gasteiger partial charge in [0, 0.05) is 16.9 Å². The van der Waals surface area contributed by atoms with Crippen LogP contribution in [0.2, 0.25) is 0 Å². The van der Waals surface area contributed by atoms with Crippen LogP contribution in [0.25, 0.3) is 6.08 Å². The number of aliphatic hydroxyl groups is 1. The molecule has 4 saturated carbocycles. The van der Waals surface area contributed by atoms with Gasteiger partial charge >= 0.3 is 11.9 Å². The average molecular weight is 465 g/mol.